The third-order valence-electron chi connectivity index (χ3n) is 4.69. The van der Waals surface area contributed by atoms with Gasteiger partial charge in [0.15, 0.2) is 16.5 Å². The van der Waals surface area contributed by atoms with Gasteiger partial charge in [-0.2, -0.15) is 5.10 Å². The lowest BCUT2D eigenvalue weighted by atomic mass is 10.2. The lowest BCUT2D eigenvalue weighted by molar-refractivity contribution is -0.117. The molecule has 33 heavy (non-hydrogen) atoms. The molecule has 11 heteroatoms. The lowest BCUT2D eigenvalue weighted by Crippen LogP contribution is -2.30. The number of rotatable bonds is 8. The van der Waals surface area contributed by atoms with Crippen LogP contribution in [0.25, 0.3) is 0 Å². The Hall–Kier alpha value is -3.86. The monoisotopic (exact) mass is 473 g/mol. The Morgan fingerprint density at radius 2 is 1.58 bits per heavy atom. The molecule has 10 nitrogen and oxygen atoms in total. The minimum Gasteiger partial charge on any atom is -0.493 e. The zero-order valence-corrected chi connectivity index (χ0v) is 19.3. The summed E-state index contributed by atoms with van der Waals surface area (Å²) in [7, 11) is 0.362. The van der Waals surface area contributed by atoms with Gasteiger partial charge in [-0.15, -0.1) is 0 Å². The molecular weight excluding hydrogens is 450 g/mol. The fourth-order valence-corrected chi connectivity index (χ4v) is 4.20. The van der Waals surface area contributed by atoms with Gasteiger partial charge in [-0.3, -0.25) is 9.59 Å². The fourth-order valence-electron chi connectivity index (χ4n) is 3.01. The summed E-state index contributed by atoms with van der Waals surface area (Å²) in [5, 5.41) is 6.17. The molecule has 0 atom stereocenters. The van der Waals surface area contributed by atoms with Gasteiger partial charge >= 0.3 is 0 Å². The van der Waals surface area contributed by atoms with E-state index < -0.39 is 27.8 Å². The number of benzene rings is 2. The summed E-state index contributed by atoms with van der Waals surface area (Å²) in [5.41, 5.74) is 0.597. The molecule has 0 saturated carbocycles. The molecule has 3 aromatic rings. The number of sulfone groups is 1. The molecule has 1 N–H and O–H groups in total. The fraction of sp³-hybridized carbons (Fsp3) is 0.227. The molecule has 0 aliphatic rings. The molecule has 3 rings (SSSR count). The highest BCUT2D eigenvalue weighted by Crippen LogP contribution is 2.39. The number of anilines is 1. The van der Waals surface area contributed by atoms with E-state index in [0.717, 1.165) is 22.4 Å². The van der Waals surface area contributed by atoms with Gasteiger partial charge in [-0.1, -0.05) is 17.7 Å². The van der Waals surface area contributed by atoms with Crippen LogP contribution in [0.1, 0.15) is 5.56 Å². The number of hydrogen-bond acceptors (Lipinski definition) is 8. The number of amides is 1. The van der Waals surface area contributed by atoms with E-state index in [2.05, 4.69) is 10.4 Å². The van der Waals surface area contributed by atoms with Crippen molar-refractivity contribution in [1.82, 2.24) is 9.78 Å². The van der Waals surface area contributed by atoms with E-state index in [9.17, 15) is 18.0 Å². The minimum absolute atomic E-state index is 0.0349. The summed E-state index contributed by atoms with van der Waals surface area (Å²) < 4.78 is 42.3. The van der Waals surface area contributed by atoms with Crippen LogP contribution in [0.2, 0.25) is 0 Å². The molecule has 0 saturated heterocycles. The number of nitrogens with zero attached hydrogens (tertiary/aromatic N) is 2. The summed E-state index contributed by atoms with van der Waals surface area (Å²) >= 11 is 0. The molecule has 0 aliphatic heterocycles. The molecule has 1 aromatic heterocycles. The molecule has 1 amide bonds. The van der Waals surface area contributed by atoms with Crippen molar-refractivity contribution in [2.45, 2.75) is 23.4 Å². The molecule has 0 fully saturated rings. The van der Waals surface area contributed by atoms with Crippen LogP contribution in [0.5, 0.6) is 17.2 Å². The van der Waals surface area contributed by atoms with Gasteiger partial charge in [0.1, 0.15) is 6.54 Å². The lowest BCUT2D eigenvalue weighted by Gasteiger charge is -2.15. The van der Waals surface area contributed by atoms with Gasteiger partial charge < -0.3 is 19.5 Å². The quantitative estimate of drug-likeness (QED) is 0.527. The van der Waals surface area contributed by atoms with E-state index in [1.54, 1.807) is 12.1 Å². The molecule has 0 radical (unpaired) electrons. The maximum Gasteiger partial charge on any atom is 0.267 e. The molecule has 0 spiro atoms. The number of carbonyl (C=O) groups excluding carboxylic acids is 1. The summed E-state index contributed by atoms with van der Waals surface area (Å²) in [6.07, 6.45) is 0. The number of carbonyl (C=O) groups is 1. The standard InChI is InChI=1S/C22H23N3O7S/c1-14-5-7-16(8-6-14)33(28,29)20-9-10-21(27)25(24-20)13-19(26)23-15-11-17(30-2)22(32-4)18(12-15)31-3/h5-12H,13H2,1-4H3,(H,23,26). The predicted molar refractivity (Wildman–Crippen MR) is 120 cm³/mol. The van der Waals surface area contributed by atoms with Crippen LogP contribution in [0, 0.1) is 6.92 Å². The second kappa shape index (κ2) is 9.74. The Morgan fingerprint density at radius 3 is 2.12 bits per heavy atom. The molecular formula is C22H23N3O7S. The van der Waals surface area contributed by atoms with Gasteiger partial charge in [-0.05, 0) is 25.1 Å². The molecule has 1 heterocycles. The molecule has 174 valence electrons. The number of methoxy groups -OCH3 is 3. The summed E-state index contributed by atoms with van der Waals surface area (Å²) in [6.45, 7) is 1.33. The van der Waals surface area contributed by atoms with Crippen LogP contribution >= 0.6 is 0 Å². The minimum atomic E-state index is -3.96. The zero-order chi connectivity index (χ0) is 24.2. The van der Waals surface area contributed by atoms with Crippen molar-refractivity contribution in [3.63, 3.8) is 0 Å². The van der Waals surface area contributed by atoms with Crippen molar-refractivity contribution in [3.8, 4) is 17.2 Å². The Labute approximate surface area is 190 Å². The van der Waals surface area contributed by atoms with Crippen LogP contribution < -0.4 is 25.1 Å². The maximum atomic E-state index is 12.9. The number of nitrogens with one attached hydrogen (secondary N) is 1. The summed E-state index contributed by atoms with van der Waals surface area (Å²) in [6, 6.07) is 11.5. The largest absolute Gasteiger partial charge is 0.493 e. The SMILES string of the molecule is COc1cc(NC(=O)Cn2nc(S(=O)(=O)c3ccc(C)cc3)ccc2=O)cc(OC)c1OC. The van der Waals surface area contributed by atoms with Gasteiger partial charge in [-0.25, -0.2) is 13.1 Å². The van der Waals surface area contributed by atoms with E-state index in [4.69, 9.17) is 14.2 Å². The Bertz CT molecular complexity index is 1310. The van der Waals surface area contributed by atoms with Crippen LogP contribution in [0.3, 0.4) is 0 Å². The normalized spacial score (nSPS) is 11.0. The van der Waals surface area contributed by atoms with Crippen molar-refractivity contribution < 1.29 is 27.4 Å². The van der Waals surface area contributed by atoms with E-state index in [1.807, 2.05) is 6.92 Å². The zero-order valence-electron chi connectivity index (χ0n) is 18.5. The van der Waals surface area contributed by atoms with Gasteiger partial charge in [0.25, 0.3) is 5.56 Å². The number of hydrogen-bond donors (Lipinski definition) is 1. The smallest absolute Gasteiger partial charge is 0.267 e. The van der Waals surface area contributed by atoms with Crippen LogP contribution in [0.15, 0.2) is 63.2 Å². The van der Waals surface area contributed by atoms with E-state index in [1.165, 1.54) is 45.6 Å². The van der Waals surface area contributed by atoms with E-state index >= 15 is 0 Å². The van der Waals surface area contributed by atoms with Crippen LogP contribution in [0.4, 0.5) is 5.69 Å². The van der Waals surface area contributed by atoms with Crippen LogP contribution in [-0.2, 0) is 21.2 Å². The van der Waals surface area contributed by atoms with Crippen molar-refractivity contribution in [2.75, 3.05) is 26.6 Å². The molecule has 0 unspecified atom stereocenters. The number of aromatic nitrogens is 2. The predicted octanol–water partition coefficient (Wildman–Crippen LogP) is 2.05. The van der Waals surface area contributed by atoms with Crippen molar-refractivity contribution in [2.24, 2.45) is 0 Å². The number of ether oxygens (including phenoxy) is 3. The van der Waals surface area contributed by atoms with Gasteiger partial charge in [0.2, 0.25) is 21.5 Å². The Balaban J connectivity index is 1.86. The van der Waals surface area contributed by atoms with Crippen LogP contribution in [-0.4, -0.2) is 45.4 Å². The topological polar surface area (TPSA) is 126 Å². The third-order valence-corrected chi connectivity index (χ3v) is 6.35. The van der Waals surface area contributed by atoms with Gasteiger partial charge in [0, 0.05) is 23.9 Å². The Kier molecular flexibility index (Phi) is 7.02. The van der Waals surface area contributed by atoms with E-state index in [-0.39, 0.29) is 9.92 Å². The average Bonchev–Trinajstić information content (AvgIpc) is 2.79. The maximum absolute atomic E-state index is 12.9. The second-order valence-corrected chi connectivity index (χ2v) is 8.84. The first-order valence-electron chi connectivity index (χ1n) is 9.69. The molecule has 0 aliphatic carbocycles. The van der Waals surface area contributed by atoms with Crippen molar-refractivity contribution >= 4 is 21.4 Å². The van der Waals surface area contributed by atoms with Gasteiger partial charge in [0.05, 0.1) is 26.2 Å². The van der Waals surface area contributed by atoms with Crippen molar-refractivity contribution in [1.29, 1.82) is 0 Å². The third kappa shape index (κ3) is 5.14. The first-order valence-corrected chi connectivity index (χ1v) is 11.2. The molecule has 2 aromatic carbocycles. The highest BCUT2D eigenvalue weighted by Gasteiger charge is 2.21. The first-order chi connectivity index (χ1) is 15.7. The Morgan fingerprint density at radius 1 is 0.970 bits per heavy atom. The highest BCUT2D eigenvalue weighted by atomic mass is 32.2. The van der Waals surface area contributed by atoms with Crippen molar-refractivity contribution in [3.05, 3.63) is 64.4 Å². The first kappa shape index (κ1) is 23.8. The highest BCUT2D eigenvalue weighted by molar-refractivity contribution is 7.91. The molecule has 0 bridgehead atoms. The summed E-state index contributed by atoms with van der Waals surface area (Å²) in [4.78, 5) is 24.8. The second-order valence-electron chi connectivity index (χ2n) is 6.95. The van der Waals surface area contributed by atoms with E-state index in [0.29, 0.717) is 22.9 Å². The average molecular weight is 474 g/mol. The summed E-state index contributed by atoms with van der Waals surface area (Å²) in [5.74, 6) is 0.399. The number of aryl methyl sites for hydroxylation is 1.